The largest absolute Gasteiger partial charge is 0.370 e. The zero-order chi connectivity index (χ0) is 25.5. The predicted molar refractivity (Wildman–Crippen MR) is 127 cm³/mol. The van der Waals surface area contributed by atoms with E-state index in [-0.39, 0.29) is 54.0 Å². The molecule has 1 N–H and O–H groups in total. The number of nitriles is 1. The van der Waals surface area contributed by atoms with E-state index < -0.39 is 4.92 Å². The number of nitrogens with one attached hydrogen (secondary N) is 1. The van der Waals surface area contributed by atoms with Crippen LogP contribution in [0.1, 0.15) is 32.3 Å². The number of imide groups is 1. The fraction of sp³-hybridized carbons (Fsp3) is 0.304. The van der Waals surface area contributed by atoms with Crippen molar-refractivity contribution in [1.29, 1.82) is 5.26 Å². The summed E-state index contributed by atoms with van der Waals surface area (Å²) in [5.41, 5.74) is 1.32. The minimum Gasteiger partial charge on any atom is -0.370 e. The highest BCUT2D eigenvalue weighted by molar-refractivity contribution is 6.02. The van der Waals surface area contributed by atoms with Crippen LogP contribution in [-0.2, 0) is 14.4 Å². The average molecular weight is 477 g/mol. The minimum atomic E-state index is -0.607. The number of likely N-dealkylation sites (tertiary alicyclic amines) is 1. The number of nitro groups is 1. The van der Waals surface area contributed by atoms with Gasteiger partial charge in [0.2, 0.25) is 17.7 Å². The van der Waals surface area contributed by atoms with Crippen molar-refractivity contribution in [3.63, 3.8) is 0 Å². The van der Waals surface area contributed by atoms with Gasteiger partial charge in [-0.3, -0.25) is 29.4 Å². The summed E-state index contributed by atoms with van der Waals surface area (Å²) < 4.78 is 0. The van der Waals surface area contributed by atoms with Crippen LogP contribution in [0.3, 0.4) is 0 Å². The summed E-state index contributed by atoms with van der Waals surface area (Å²) in [6.45, 7) is 4.55. The molecule has 180 valence electrons. The van der Waals surface area contributed by atoms with Gasteiger partial charge in [-0.1, -0.05) is 0 Å². The molecule has 0 bridgehead atoms. The maximum absolute atomic E-state index is 11.9. The highest BCUT2D eigenvalue weighted by atomic mass is 16.6. The summed E-state index contributed by atoms with van der Waals surface area (Å²) >= 11 is 0. The molecule has 3 rings (SSSR count). The maximum atomic E-state index is 11.9. The third-order valence-corrected chi connectivity index (χ3v) is 5.36. The van der Waals surface area contributed by atoms with E-state index in [0.717, 1.165) is 11.8 Å². The molecule has 1 aliphatic heterocycles. The van der Waals surface area contributed by atoms with Crippen molar-refractivity contribution >= 4 is 46.2 Å². The topological polar surface area (TPSA) is 161 Å². The molecule has 0 unspecified atom stereocenters. The van der Waals surface area contributed by atoms with Gasteiger partial charge in [-0.15, -0.1) is 10.2 Å². The summed E-state index contributed by atoms with van der Waals surface area (Å²) in [5, 5.41) is 31.1. The van der Waals surface area contributed by atoms with E-state index in [1.165, 1.54) is 24.0 Å². The number of nitrogens with zero attached hydrogens (tertiary/aromatic N) is 6. The second kappa shape index (κ2) is 11.0. The van der Waals surface area contributed by atoms with Crippen LogP contribution in [0.4, 0.5) is 28.4 Å². The van der Waals surface area contributed by atoms with Crippen LogP contribution in [0, 0.1) is 21.4 Å². The SMILES string of the molecule is CCN(CCN1C(=O)CCC1=O)c1ccc(N=Nc2ccc([N+](=O)[O-])cc2C#N)c(NC(C)=O)c1. The van der Waals surface area contributed by atoms with Gasteiger partial charge in [0, 0.05) is 57.2 Å². The number of benzene rings is 2. The standard InChI is InChI=1S/C23H23N7O5/c1-3-28(10-11-29-22(32)8-9-23(29)33)17-4-7-20(21(13-17)25-15(2)31)27-26-19-6-5-18(30(34)35)12-16(19)14-24/h4-7,12-13H,3,8-11H2,1-2H3,(H,25,31). The first-order chi connectivity index (χ1) is 16.7. The van der Waals surface area contributed by atoms with Gasteiger partial charge in [0.25, 0.3) is 5.69 Å². The Hall–Kier alpha value is -4.66. The summed E-state index contributed by atoms with van der Waals surface area (Å²) in [4.78, 5) is 49.1. The lowest BCUT2D eigenvalue weighted by Gasteiger charge is -2.26. The molecule has 1 saturated heterocycles. The molecule has 35 heavy (non-hydrogen) atoms. The van der Waals surface area contributed by atoms with E-state index >= 15 is 0 Å². The molecular weight excluding hydrogens is 454 g/mol. The lowest BCUT2D eigenvalue weighted by molar-refractivity contribution is -0.384. The second-order valence-corrected chi connectivity index (χ2v) is 7.67. The average Bonchev–Trinajstić information content (AvgIpc) is 3.15. The Morgan fingerprint density at radius 1 is 1.17 bits per heavy atom. The van der Waals surface area contributed by atoms with E-state index in [0.29, 0.717) is 24.5 Å². The lowest BCUT2D eigenvalue weighted by Crippen LogP contribution is -2.38. The molecule has 1 fully saturated rings. The van der Waals surface area contributed by atoms with Gasteiger partial charge in [0.15, 0.2) is 0 Å². The Bertz CT molecular complexity index is 1240. The third-order valence-electron chi connectivity index (χ3n) is 5.36. The molecule has 12 nitrogen and oxygen atoms in total. The van der Waals surface area contributed by atoms with Gasteiger partial charge in [0.05, 0.1) is 16.2 Å². The Labute approximate surface area is 201 Å². The molecule has 12 heteroatoms. The zero-order valence-corrected chi connectivity index (χ0v) is 19.2. The number of likely N-dealkylation sites (N-methyl/N-ethyl adjacent to an activating group) is 1. The Morgan fingerprint density at radius 2 is 1.83 bits per heavy atom. The highest BCUT2D eigenvalue weighted by Crippen LogP contribution is 2.33. The van der Waals surface area contributed by atoms with Gasteiger partial charge >= 0.3 is 0 Å². The van der Waals surface area contributed by atoms with E-state index in [4.69, 9.17) is 0 Å². The van der Waals surface area contributed by atoms with Crippen molar-refractivity contribution in [1.82, 2.24) is 4.90 Å². The van der Waals surface area contributed by atoms with Crippen LogP contribution in [-0.4, -0.2) is 47.2 Å². The summed E-state index contributed by atoms with van der Waals surface area (Å²) in [7, 11) is 0. The van der Waals surface area contributed by atoms with Gasteiger partial charge < -0.3 is 10.2 Å². The van der Waals surface area contributed by atoms with Gasteiger partial charge in [0.1, 0.15) is 17.4 Å². The highest BCUT2D eigenvalue weighted by Gasteiger charge is 2.28. The first-order valence-corrected chi connectivity index (χ1v) is 10.8. The van der Waals surface area contributed by atoms with Crippen molar-refractivity contribution in [3.8, 4) is 6.07 Å². The van der Waals surface area contributed by atoms with E-state index in [9.17, 15) is 29.8 Å². The quantitative estimate of drug-likeness (QED) is 0.248. The number of amides is 3. The number of hydrogen-bond acceptors (Lipinski definition) is 9. The van der Waals surface area contributed by atoms with E-state index in [2.05, 4.69) is 15.5 Å². The summed E-state index contributed by atoms with van der Waals surface area (Å²) in [6, 6.07) is 10.6. The molecule has 0 saturated carbocycles. The van der Waals surface area contributed by atoms with Crippen LogP contribution < -0.4 is 10.2 Å². The number of carbonyl (C=O) groups excluding carboxylic acids is 3. The summed E-state index contributed by atoms with van der Waals surface area (Å²) in [6.07, 6.45) is 0.471. The normalized spacial score (nSPS) is 13.2. The molecule has 0 atom stereocenters. The molecule has 0 aliphatic carbocycles. The number of azo groups is 1. The zero-order valence-electron chi connectivity index (χ0n) is 19.2. The number of hydrogen-bond donors (Lipinski definition) is 1. The van der Waals surface area contributed by atoms with Crippen LogP contribution in [0.15, 0.2) is 46.6 Å². The Morgan fingerprint density at radius 3 is 2.43 bits per heavy atom. The number of rotatable bonds is 9. The van der Waals surface area contributed by atoms with Crippen LogP contribution in [0.2, 0.25) is 0 Å². The maximum Gasteiger partial charge on any atom is 0.270 e. The first-order valence-electron chi connectivity index (χ1n) is 10.8. The van der Waals surface area contributed by atoms with Gasteiger partial charge in [-0.25, -0.2) is 0 Å². The van der Waals surface area contributed by atoms with Crippen molar-refractivity contribution in [3.05, 3.63) is 52.1 Å². The van der Waals surface area contributed by atoms with Crippen LogP contribution in [0.5, 0.6) is 0 Å². The van der Waals surface area contributed by atoms with E-state index in [1.54, 1.807) is 18.2 Å². The number of anilines is 2. The molecule has 2 aromatic carbocycles. The fourth-order valence-electron chi connectivity index (χ4n) is 3.58. The van der Waals surface area contributed by atoms with Crippen molar-refractivity contribution in [2.75, 3.05) is 29.9 Å². The van der Waals surface area contributed by atoms with Crippen LogP contribution >= 0.6 is 0 Å². The molecule has 1 heterocycles. The Balaban J connectivity index is 1.86. The smallest absolute Gasteiger partial charge is 0.270 e. The van der Waals surface area contributed by atoms with Gasteiger partial charge in [-0.2, -0.15) is 5.26 Å². The molecular formula is C23H23N7O5. The monoisotopic (exact) mass is 477 g/mol. The Kier molecular flexibility index (Phi) is 7.83. The van der Waals surface area contributed by atoms with Crippen molar-refractivity contribution < 1.29 is 19.3 Å². The van der Waals surface area contributed by atoms with E-state index in [1.807, 2.05) is 17.9 Å². The third kappa shape index (κ3) is 6.02. The van der Waals surface area contributed by atoms with Crippen LogP contribution in [0.25, 0.3) is 0 Å². The molecule has 2 aromatic rings. The fourth-order valence-corrected chi connectivity index (χ4v) is 3.58. The predicted octanol–water partition coefficient (Wildman–Crippen LogP) is 3.82. The number of non-ortho nitro benzene ring substituents is 1. The molecule has 0 aromatic heterocycles. The van der Waals surface area contributed by atoms with Crippen molar-refractivity contribution in [2.24, 2.45) is 10.2 Å². The molecule has 0 spiro atoms. The molecule has 3 amide bonds. The minimum absolute atomic E-state index is 0.0104. The second-order valence-electron chi connectivity index (χ2n) is 7.67. The molecule has 0 radical (unpaired) electrons. The van der Waals surface area contributed by atoms with Gasteiger partial charge in [-0.05, 0) is 31.2 Å². The van der Waals surface area contributed by atoms with Crippen molar-refractivity contribution in [2.45, 2.75) is 26.7 Å². The lowest BCUT2D eigenvalue weighted by atomic mass is 10.2. The number of carbonyl (C=O) groups is 3. The molecule has 1 aliphatic rings. The first kappa shape index (κ1) is 25.0. The number of nitro benzene ring substituents is 1. The summed E-state index contributed by atoms with van der Waals surface area (Å²) in [5.74, 6) is -0.685.